The van der Waals surface area contributed by atoms with Gasteiger partial charge in [0.15, 0.2) is 5.78 Å². The van der Waals surface area contributed by atoms with Crippen LogP contribution in [0.25, 0.3) is 22.3 Å². The summed E-state index contributed by atoms with van der Waals surface area (Å²) in [6, 6.07) is 11.4. The lowest BCUT2D eigenvalue weighted by Crippen LogP contribution is -2.21. The molecule has 7 nitrogen and oxygen atoms in total. The van der Waals surface area contributed by atoms with E-state index in [-0.39, 0.29) is 18.1 Å². The number of rotatable bonds is 5. The summed E-state index contributed by atoms with van der Waals surface area (Å²) in [4.78, 5) is 34.0. The van der Waals surface area contributed by atoms with Gasteiger partial charge in [-0.05, 0) is 49.2 Å². The number of hydrogen-bond acceptors (Lipinski definition) is 4. The van der Waals surface area contributed by atoms with Crippen LogP contribution < -0.4 is 0 Å². The van der Waals surface area contributed by atoms with Crippen molar-refractivity contribution in [3.63, 3.8) is 0 Å². The molecule has 30 heavy (non-hydrogen) atoms. The van der Waals surface area contributed by atoms with Crippen LogP contribution in [-0.4, -0.2) is 50.9 Å². The first kappa shape index (κ1) is 19.6. The van der Waals surface area contributed by atoms with Crippen LogP contribution in [0.3, 0.4) is 0 Å². The lowest BCUT2D eigenvalue weighted by atomic mass is 10.0. The SMILES string of the molecule is Cc1[nH]nc(C(=O)Cc2cnc3[nH]c(-c4ccc(C(=O)N(C)C)cc4)cc3c2)c1C. The monoisotopic (exact) mass is 401 g/mol. The summed E-state index contributed by atoms with van der Waals surface area (Å²) in [5, 5.41) is 7.91. The van der Waals surface area contributed by atoms with Gasteiger partial charge >= 0.3 is 0 Å². The lowest BCUT2D eigenvalue weighted by Gasteiger charge is -2.10. The first-order chi connectivity index (χ1) is 14.3. The minimum absolute atomic E-state index is 0.0310. The summed E-state index contributed by atoms with van der Waals surface area (Å²) in [6.45, 7) is 3.79. The van der Waals surface area contributed by atoms with E-state index in [0.717, 1.165) is 39.1 Å². The summed E-state index contributed by atoms with van der Waals surface area (Å²) >= 11 is 0. The van der Waals surface area contributed by atoms with Gasteiger partial charge in [0.25, 0.3) is 5.91 Å². The van der Waals surface area contributed by atoms with E-state index in [0.29, 0.717) is 11.3 Å². The molecule has 0 saturated carbocycles. The van der Waals surface area contributed by atoms with Crippen molar-refractivity contribution in [3.8, 4) is 11.3 Å². The fourth-order valence-electron chi connectivity index (χ4n) is 3.39. The predicted octanol–water partition coefficient (Wildman–Crippen LogP) is 3.70. The fourth-order valence-corrected chi connectivity index (χ4v) is 3.39. The number of nitrogens with zero attached hydrogens (tertiary/aromatic N) is 3. The lowest BCUT2D eigenvalue weighted by molar-refractivity contribution is 0.0827. The van der Waals surface area contributed by atoms with Crippen molar-refractivity contribution in [2.75, 3.05) is 14.1 Å². The van der Waals surface area contributed by atoms with E-state index in [1.54, 1.807) is 25.2 Å². The predicted molar refractivity (Wildman–Crippen MR) is 116 cm³/mol. The molecule has 0 bridgehead atoms. The Labute approximate surface area is 174 Å². The number of aryl methyl sites for hydroxylation is 1. The minimum Gasteiger partial charge on any atom is -0.345 e. The molecule has 0 atom stereocenters. The first-order valence-corrected chi connectivity index (χ1v) is 9.68. The van der Waals surface area contributed by atoms with Gasteiger partial charge in [0.1, 0.15) is 11.3 Å². The highest BCUT2D eigenvalue weighted by Gasteiger charge is 2.16. The minimum atomic E-state index is -0.0325. The van der Waals surface area contributed by atoms with Crippen LogP contribution in [0, 0.1) is 13.8 Å². The van der Waals surface area contributed by atoms with Gasteiger partial charge in [-0.2, -0.15) is 5.10 Å². The summed E-state index contributed by atoms with van der Waals surface area (Å²) in [5.41, 5.74) is 6.37. The zero-order valence-electron chi connectivity index (χ0n) is 17.4. The van der Waals surface area contributed by atoms with E-state index in [2.05, 4.69) is 20.2 Å². The Morgan fingerprint density at radius 1 is 1.07 bits per heavy atom. The number of aromatic amines is 2. The number of fused-ring (bicyclic) bond motifs is 1. The van der Waals surface area contributed by atoms with Crippen LogP contribution in [0.15, 0.2) is 42.6 Å². The second-order valence-electron chi connectivity index (χ2n) is 7.66. The number of hydrogen-bond donors (Lipinski definition) is 2. The zero-order valence-corrected chi connectivity index (χ0v) is 17.4. The van der Waals surface area contributed by atoms with Gasteiger partial charge in [0.2, 0.25) is 0 Å². The number of benzene rings is 1. The molecule has 0 aliphatic rings. The standard InChI is InChI=1S/C23H23N5O2/c1-13-14(2)26-27-21(13)20(29)10-15-9-18-11-19(25-22(18)24-12-15)16-5-7-17(8-6-16)23(30)28(3)4/h5-9,11-12H,10H2,1-4H3,(H,24,25)(H,26,27). The molecule has 7 heteroatoms. The summed E-state index contributed by atoms with van der Waals surface area (Å²) < 4.78 is 0. The number of pyridine rings is 1. The van der Waals surface area contributed by atoms with Gasteiger partial charge < -0.3 is 9.88 Å². The van der Waals surface area contributed by atoms with Gasteiger partial charge in [0.05, 0.1) is 0 Å². The quantitative estimate of drug-likeness (QED) is 0.499. The molecular formula is C23H23N5O2. The molecule has 152 valence electrons. The number of nitrogens with one attached hydrogen (secondary N) is 2. The smallest absolute Gasteiger partial charge is 0.253 e. The largest absolute Gasteiger partial charge is 0.345 e. The van der Waals surface area contributed by atoms with E-state index in [1.807, 2.05) is 50.2 Å². The Bertz CT molecular complexity index is 1250. The van der Waals surface area contributed by atoms with Gasteiger partial charge in [0, 0.05) is 54.6 Å². The third kappa shape index (κ3) is 3.61. The van der Waals surface area contributed by atoms with Crippen LogP contribution in [-0.2, 0) is 6.42 Å². The van der Waals surface area contributed by atoms with Crippen LogP contribution in [0.4, 0.5) is 0 Å². The second-order valence-corrected chi connectivity index (χ2v) is 7.66. The number of amides is 1. The molecule has 0 spiro atoms. The van der Waals surface area contributed by atoms with Crippen LogP contribution in [0.5, 0.6) is 0 Å². The Balaban J connectivity index is 1.57. The van der Waals surface area contributed by atoms with Gasteiger partial charge in [-0.3, -0.25) is 14.7 Å². The first-order valence-electron chi connectivity index (χ1n) is 9.68. The Morgan fingerprint density at radius 3 is 2.43 bits per heavy atom. The number of H-pyrrole nitrogens is 2. The highest BCUT2D eigenvalue weighted by molar-refractivity contribution is 5.97. The van der Waals surface area contributed by atoms with Crippen molar-refractivity contribution < 1.29 is 9.59 Å². The van der Waals surface area contributed by atoms with E-state index >= 15 is 0 Å². The molecule has 1 aromatic carbocycles. The maximum Gasteiger partial charge on any atom is 0.253 e. The van der Waals surface area contributed by atoms with E-state index in [9.17, 15) is 9.59 Å². The Morgan fingerprint density at radius 2 is 1.80 bits per heavy atom. The molecule has 0 unspecified atom stereocenters. The molecule has 0 fully saturated rings. The molecule has 4 rings (SSSR count). The van der Waals surface area contributed by atoms with Crippen LogP contribution in [0.1, 0.15) is 37.7 Å². The van der Waals surface area contributed by atoms with Crippen molar-refractivity contribution in [2.24, 2.45) is 0 Å². The molecular weight excluding hydrogens is 378 g/mol. The highest BCUT2D eigenvalue weighted by atomic mass is 16.2. The average Bonchev–Trinajstić information content (AvgIpc) is 3.30. The van der Waals surface area contributed by atoms with Gasteiger partial charge in [-0.1, -0.05) is 12.1 Å². The molecule has 0 aliphatic heterocycles. The third-order valence-electron chi connectivity index (χ3n) is 5.26. The maximum atomic E-state index is 12.6. The molecule has 2 N–H and O–H groups in total. The Kier molecular flexibility index (Phi) is 4.95. The number of carbonyl (C=O) groups is 2. The number of carbonyl (C=O) groups excluding carboxylic acids is 2. The maximum absolute atomic E-state index is 12.6. The molecule has 0 radical (unpaired) electrons. The van der Waals surface area contributed by atoms with Crippen LogP contribution in [0.2, 0.25) is 0 Å². The molecule has 1 amide bonds. The summed E-state index contributed by atoms with van der Waals surface area (Å²) in [6.07, 6.45) is 1.96. The molecule has 4 aromatic rings. The fraction of sp³-hybridized carbons (Fsp3) is 0.217. The molecule has 0 aliphatic carbocycles. The number of aromatic nitrogens is 4. The van der Waals surface area contributed by atoms with Crippen molar-refractivity contribution in [1.29, 1.82) is 0 Å². The van der Waals surface area contributed by atoms with Crippen LogP contribution >= 0.6 is 0 Å². The van der Waals surface area contributed by atoms with Gasteiger partial charge in [-0.25, -0.2) is 4.98 Å². The number of ketones is 1. The topological polar surface area (TPSA) is 94.7 Å². The third-order valence-corrected chi connectivity index (χ3v) is 5.26. The van der Waals surface area contributed by atoms with Crippen molar-refractivity contribution in [3.05, 3.63) is 70.7 Å². The molecule has 0 saturated heterocycles. The highest BCUT2D eigenvalue weighted by Crippen LogP contribution is 2.25. The normalized spacial score (nSPS) is 11.1. The van der Waals surface area contributed by atoms with E-state index < -0.39 is 0 Å². The molecule has 3 aromatic heterocycles. The zero-order chi connectivity index (χ0) is 21.4. The average molecular weight is 401 g/mol. The van der Waals surface area contributed by atoms with Crippen molar-refractivity contribution >= 4 is 22.7 Å². The summed E-state index contributed by atoms with van der Waals surface area (Å²) in [5.74, 6) is -0.0635. The number of Topliss-reactive ketones (excluding diaryl/α,β-unsaturated/α-hetero) is 1. The van der Waals surface area contributed by atoms with Crippen molar-refractivity contribution in [1.82, 2.24) is 25.1 Å². The van der Waals surface area contributed by atoms with Crippen molar-refractivity contribution in [2.45, 2.75) is 20.3 Å². The van der Waals surface area contributed by atoms with E-state index in [4.69, 9.17) is 0 Å². The summed E-state index contributed by atoms with van der Waals surface area (Å²) in [7, 11) is 3.47. The van der Waals surface area contributed by atoms with Gasteiger partial charge in [-0.15, -0.1) is 0 Å². The molecule has 3 heterocycles. The Hall–Kier alpha value is -3.74. The van der Waals surface area contributed by atoms with E-state index in [1.165, 1.54) is 0 Å². The second kappa shape index (κ2) is 7.59.